The number of ketones is 1. The molecule has 0 heterocycles. The van der Waals surface area contributed by atoms with Gasteiger partial charge in [-0.3, -0.25) is 4.79 Å². The fourth-order valence-corrected chi connectivity index (χ4v) is 2.22. The van der Waals surface area contributed by atoms with Crippen LogP contribution in [0, 0.1) is 0 Å². The number of carbonyl (C=O) groups is 1. The lowest BCUT2D eigenvalue weighted by atomic mass is 10.1. The van der Waals surface area contributed by atoms with E-state index in [9.17, 15) is 4.79 Å². The Morgan fingerprint density at radius 2 is 2.00 bits per heavy atom. The molecule has 0 radical (unpaired) electrons. The van der Waals surface area contributed by atoms with E-state index in [4.69, 9.17) is 21.1 Å². The van der Waals surface area contributed by atoms with Gasteiger partial charge in [0.2, 0.25) is 0 Å². The fraction of sp³-hybridized carbons (Fsp3) is 0.364. The molecule has 0 amide bonds. The van der Waals surface area contributed by atoms with Crippen LogP contribution in [0.25, 0.3) is 0 Å². The number of hydrogen-bond acceptors (Lipinski definition) is 3. The minimum Gasteiger partial charge on any atom is -0.493 e. The van der Waals surface area contributed by atoms with E-state index in [2.05, 4.69) is 0 Å². The van der Waals surface area contributed by atoms with Crippen LogP contribution in [0.15, 0.2) is 6.07 Å². The molecule has 0 unspecified atom stereocenters. The van der Waals surface area contributed by atoms with E-state index < -0.39 is 0 Å². The zero-order valence-corrected chi connectivity index (χ0v) is 9.35. The van der Waals surface area contributed by atoms with Crippen molar-refractivity contribution in [1.82, 2.24) is 0 Å². The number of methoxy groups -OCH3 is 2. The van der Waals surface area contributed by atoms with Crippen molar-refractivity contribution < 1.29 is 14.3 Å². The van der Waals surface area contributed by atoms with E-state index in [0.717, 1.165) is 5.56 Å². The van der Waals surface area contributed by atoms with Crippen LogP contribution >= 0.6 is 11.6 Å². The number of halogens is 1. The zero-order chi connectivity index (χ0) is 11.0. The van der Waals surface area contributed by atoms with E-state index in [1.54, 1.807) is 6.07 Å². The Morgan fingerprint density at radius 3 is 2.60 bits per heavy atom. The number of fused-ring (bicyclic) bond motifs is 1. The topological polar surface area (TPSA) is 35.5 Å². The second-order valence-electron chi connectivity index (χ2n) is 3.38. The van der Waals surface area contributed by atoms with E-state index in [1.807, 2.05) is 0 Å². The Morgan fingerprint density at radius 1 is 1.27 bits per heavy atom. The number of Topliss-reactive ketones (excluding diaryl/α,β-unsaturated/α-hetero) is 1. The lowest BCUT2D eigenvalue weighted by molar-refractivity contribution is 0.0994. The smallest absolute Gasteiger partial charge is 0.179 e. The predicted octanol–water partition coefficient (Wildman–Crippen LogP) is 2.49. The van der Waals surface area contributed by atoms with Crippen molar-refractivity contribution in [2.75, 3.05) is 14.2 Å². The lowest BCUT2D eigenvalue weighted by Gasteiger charge is -2.12. The van der Waals surface area contributed by atoms with Gasteiger partial charge in [0.25, 0.3) is 0 Å². The zero-order valence-electron chi connectivity index (χ0n) is 8.59. The summed E-state index contributed by atoms with van der Waals surface area (Å²) in [4.78, 5) is 11.5. The highest BCUT2D eigenvalue weighted by atomic mass is 35.5. The van der Waals surface area contributed by atoms with Gasteiger partial charge in [0.1, 0.15) is 0 Å². The van der Waals surface area contributed by atoms with Gasteiger partial charge in [0.05, 0.1) is 19.2 Å². The average molecular weight is 227 g/mol. The van der Waals surface area contributed by atoms with Crippen molar-refractivity contribution in [1.29, 1.82) is 0 Å². The summed E-state index contributed by atoms with van der Waals surface area (Å²) in [5.74, 6) is 1.14. The third-order valence-corrected chi connectivity index (χ3v) is 3.01. The van der Waals surface area contributed by atoms with Gasteiger partial charge in [-0.15, -0.1) is 0 Å². The Balaban J connectivity index is 2.67. The highest BCUT2D eigenvalue weighted by Crippen LogP contribution is 2.42. The molecule has 0 N–H and O–H groups in total. The first-order valence-corrected chi connectivity index (χ1v) is 5.03. The minimum atomic E-state index is 0.118. The van der Waals surface area contributed by atoms with Crippen LogP contribution in [0.4, 0.5) is 0 Å². The summed E-state index contributed by atoms with van der Waals surface area (Å²) < 4.78 is 10.3. The van der Waals surface area contributed by atoms with Gasteiger partial charge in [0.15, 0.2) is 17.3 Å². The van der Waals surface area contributed by atoms with E-state index in [1.165, 1.54) is 14.2 Å². The fourth-order valence-electron chi connectivity index (χ4n) is 1.86. The minimum absolute atomic E-state index is 0.118. The van der Waals surface area contributed by atoms with Gasteiger partial charge in [-0.1, -0.05) is 11.6 Å². The first-order chi connectivity index (χ1) is 7.19. The molecular weight excluding hydrogens is 216 g/mol. The second kappa shape index (κ2) is 3.74. The number of hydrogen-bond donors (Lipinski definition) is 0. The molecule has 1 aromatic carbocycles. The number of benzene rings is 1. The number of carbonyl (C=O) groups excluding carboxylic acids is 1. The van der Waals surface area contributed by atoms with Crippen molar-refractivity contribution in [3.05, 3.63) is 22.2 Å². The highest BCUT2D eigenvalue weighted by molar-refractivity contribution is 6.34. The van der Waals surface area contributed by atoms with Gasteiger partial charge >= 0.3 is 0 Å². The molecule has 0 aromatic heterocycles. The van der Waals surface area contributed by atoms with Crippen molar-refractivity contribution in [3.63, 3.8) is 0 Å². The summed E-state index contributed by atoms with van der Waals surface area (Å²) in [5, 5.41) is 0.498. The van der Waals surface area contributed by atoms with Crippen molar-refractivity contribution >= 4 is 17.4 Å². The molecule has 1 aliphatic rings. The van der Waals surface area contributed by atoms with Crippen LogP contribution in [-0.2, 0) is 6.42 Å². The van der Waals surface area contributed by atoms with Crippen LogP contribution in [0.1, 0.15) is 22.3 Å². The molecule has 0 atom stereocenters. The Bertz CT molecular complexity index is 426. The quantitative estimate of drug-likeness (QED) is 0.777. The SMILES string of the molecule is COc1cc2c(c(Cl)c1OC)CCC2=O. The van der Waals surface area contributed by atoms with Crippen molar-refractivity contribution in [3.8, 4) is 11.5 Å². The first-order valence-electron chi connectivity index (χ1n) is 4.65. The monoisotopic (exact) mass is 226 g/mol. The van der Waals surface area contributed by atoms with Crippen LogP contribution < -0.4 is 9.47 Å². The molecule has 3 nitrogen and oxygen atoms in total. The summed E-state index contributed by atoms with van der Waals surface area (Å²) >= 11 is 6.15. The summed E-state index contributed by atoms with van der Waals surface area (Å²) in [5.41, 5.74) is 1.54. The van der Waals surface area contributed by atoms with E-state index in [0.29, 0.717) is 34.9 Å². The third-order valence-electron chi connectivity index (χ3n) is 2.62. The molecule has 4 heteroatoms. The Kier molecular flexibility index (Phi) is 2.57. The summed E-state index contributed by atoms with van der Waals surface area (Å²) in [6, 6.07) is 1.70. The molecule has 0 aliphatic heterocycles. The highest BCUT2D eigenvalue weighted by Gasteiger charge is 2.26. The number of rotatable bonds is 2. The van der Waals surface area contributed by atoms with Gasteiger partial charge in [-0.2, -0.15) is 0 Å². The van der Waals surface area contributed by atoms with Crippen LogP contribution in [0.2, 0.25) is 5.02 Å². The summed E-state index contributed by atoms with van der Waals surface area (Å²) in [6.45, 7) is 0. The summed E-state index contributed by atoms with van der Waals surface area (Å²) in [7, 11) is 3.06. The molecule has 2 rings (SSSR count). The molecule has 1 aliphatic carbocycles. The first kappa shape index (κ1) is 10.3. The standard InChI is InChI=1S/C11H11ClO3/c1-14-9-5-7-6(3-4-8(7)13)10(12)11(9)15-2/h5H,3-4H2,1-2H3. The van der Waals surface area contributed by atoms with Crippen LogP contribution in [0.3, 0.4) is 0 Å². The largest absolute Gasteiger partial charge is 0.493 e. The molecule has 0 fully saturated rings. The maximum atomic E-state index is 11.5. The van der Waals surface area contributed by atoms with Crippen LogP contribution in [-0.4, -0.2) is 20.0 Å². The molecule has 0 saturated heterocycles. The maximum absolute atomic E-state index is 11.5. The molecule has 0 spiro atoms. The van der Waals surface area contributed by atoms with Gasteiger partial charge in [-0.25, -0.2) is 0 Å². The third kappa shape index (κ3) is 1.47. The lowest BCUT2D eigenvalue weighted by Crippen LogP contribution is -1.97. The Hall–Kier alpha value is -1.22. The van der Waals surface area contributed by atoms with Gasteiger partial charge in [-0.05, 0) is 18.1 Å². The second-order valence-corrected chi connectivity index (χ2v) is 3.75. The number of ether oxygens (including phenoxy) is 2. The maximum Gasteiger partial charge on any atom is 0.179 e. The van der Waals surface area contributed by atoms with E-state index >= 15 is 0 Å². The molecule has 1 aromatic rings. The summed E-state index contributed by atoms with van der Waals surface area (Å²) in [6.07, 6.45) is 1.21. The molecule has 15 heavy (non-hydrogen) atoms. The molecular formula is C11H11ClO3. The average Bonchev–Trinajstić information content (AvgIpc) is 2.60. The van der Waals surface area contributed by atoms with E-state index in [-0.39, 0.29) is 5.78 Å². The Labute approximate surface area is 92.9 Å². The van der Waals surface area contributed by atoms with Gasteiger partial charge in [0, 0.05) is 12.0 Å². The molecule has 0 saturated carbocycles. The van der Waals surface area contributed by atoms with Gasteiger partial charge < -0.3 is 9.47 Å². The normalized spacial score (nSPS) is 13.9. The molecule has 0 bridgehead atoms. The van der Waals surface area contributed by atoms with Crippen LogP contribution in [0.5, 0.6) is 11.5 Å². The van der Waals surface area contributed by atoms with Crippen molar-refractivity contribution in [2.45, 2.75) is 12.8 Å². The molecule has 80 valence electrons. The predicted molar refractivity (Wildman–Crippen MR) is 57.2 cm³/mol. The van der Waals surface area contributed by atoms with Crippen molar-refractivity contribution in [2.24, 2.45) is 0 Å².